The second kappa shape index (κ2) is 10.3. The molecule has 0 unspecified atom stereocenters. The van der Waals surface area contributed by atoms with Crippen molar-refractivity contribution in [1.82, 2.24) is 4.98 Å². The van der Waals surface area contributed by atoms with Crippen LogP contribution in [0, 0.1) is 5.92 Å². The molecule has 0 radical (unpaired) electrons. The first-order valence-electron chi connectivity index (χ1n) is 12.6. The molecule has 0 atom stereocenters. The summed E-state index contributed by atoms with van der Waals surface area (Å²) in [6.07, 6.45) is 5.20. The lowest BCUT2D eigenvalue weighted by Crippen LogP contribution is -2.32. The number of thiophene rings is 1. The first-order valence-corrected chi connectivity index (χ1v) is 14.2. The van der Waals surface area contributed by atoms with Gasteiger partial charge in [0.1, 0.15) is 4.60 Å². The molecule has 6 rings (SSSR count). The maximum Gasteiger partial charge on any atom is 0.258 e. The number of hydrogen-bond donors (Lipinski definition) is 1. The average molecular weight is 587 g/mol. The molecule has 0 spiro atoms. The smallest absolute Gasteiger partial charge is 0.258 e. The summed E-state index contributed by atoms with van der Waals surface area (Å²) in [4.78, 5) is 46.8. The second-order valence-corrected chi connectivity index (χ2v) is 11.5. The Hall–Kier alpha value is -3.62. The Morgan fingerprint density at radius 1 is 1.00 bits per heavy atom. The summed E-state index contributed by atoms with van der Waals surface area (Å²) >= 11 is 4.83. The van der Waals surface area contributed by atoms with E-state index in [1.807, 2.05) is 35.2 Å². The van der Waals surface area contributed by atoms with Gasteiger partial charge in [0.05, 0.1) is 10.6 Å². The summed E-state index contributed by atoms with van der Waals surface area (Å²) in [5, 5.41) is 2.86. The fraction of sp³-hybridized carbons (Fsp3) is 0.200. The number of halogens is 1. The van der Waals surface area contributed by atoms with E-state index in [4.69, 9.17) is 0 Å². The van der Waals surface area contributed by atoms with Crippen molar-refractivity contribution >= 4 is 56.2 Å². The molecule has 38 heavy (non-hydrogen) atoms. The number of carbonyl (C=O) groups is 3. The Morgan fingerprint density at radius 3 is 2.55 bits per heavy atom. The molecule has 3 heterocycles. The van der Waals surface area contributed by atoms with Crippen LogP contribution in [0.2, 0.25) is 0 Å². The number of rotatable bonds is 6. The van der Waals surface area contributed by atoms with E-state index in [2.05, 4.69) is 26.2 Å². The number of carbonyl (C=O) groups excluding carboxylic acids is 3. The molecular weight excluding hydrogens is 562 g/mol. The van der Waals surface area contributed by atoms with Crippen LogP contribution in [0.3, 0.4) is 0 Å². The highest BCUT2D eigenvalue weighted by Crippen LogP contribution is 2.43. The predicted molar refractivity (Wildman–Crippen MR) is 153 cm³/mol. The van der Waals surface area contributed by atoms with Crippen molar-refractivity contribution in [3.05, 3.63) is 99.1 Å². The summed E-state index contributed by atoms with van der Waals surface area (Å²) in [6.45, 7) is 0.519. The molecule has 0 saturated heterocycles. The highest BCUT2D eigenvalue weighted by atomic mass is 79.9. The molecule has 1 N–H and O–H groups in total. The number of anilines is 2. The van der Waals surface area contributed by atoms with Crippen molar-refractivity contribution in [1.29, 1.82) is 0 Å². The third-order valence-electron chi connectivity index (χ3n) is 6.92. The zero-order valence-electron chi connectivity index (χ0n) is 20.4. The van der Waals surface area contributed by atoms with Gasteiger partial charge < -0.3 is 10.2 Å². The fourth-order valence-electron chi connectivity index (χ4n) is 4.73. The van der Waals surface area contributed by atoms with Crippen LogP contribution in [0.4, 0.5) is 11.4 Å². The number of pyridine rings is 1. The van der Waals surface area contributed by atoms with Crippen LogP contribution in [-0.4, -0.2) is 29.1 Å². The van der Waals surface area contributed by atoms with Crippen molar-refractivity contribution in [2.45, 2.75) is 25.7 Å². The number of amides is 2. The Morgan fingerprint density at radius 2 is 1.79 bits per heavy atom. The van der Waals surface area contributed by atoms with E-state index in [-0.39, 0.29) is 17.6 Å². The largest absolute Gasteiger partial charge is 0.322 e. The molecule has 1 fully saturated rings. The highest BCUT2D eigenvalue weighted by molar-refractivity contribution is 9.10. The number of fused-ring (bicyclic) bond motifs is 3. The molecule has 190 valence electrons. The molecule has 1 aliphatic carbocycles. The van der Waals surface area contributed by atoms with Gasteiger partial charge in [-0.15, -0.1) is 11.3 Å². The van der Waals surface area contributed by atoms with Crippen molar-refractivity contribution in [3.8, 4) is 10.4 Å². The van der Waals surface area contributed by atoms with Crippen LogP contribution in [0.1, 0.15) is 55.2 Å². The zero-order chi connectivity index (χ0) is 26.2. The number of nitrogens with one attached hydrogen (secondary N) is 1. The first-order chi connectivity index (χ1) is 18.5. The first kappa shape index (κ1) is 24.7. The fourth-order valence-corrected chi connectivity index (χ4v) is 6.29. The van der Waals surface area contributed by atoms with Gasteiger partial charge in [0.25, 0.3) is 11.8 Å². The Kier molecular flexibility index (Phi) is 6.68. The van der Waals surface area contributed by atoms with Gasteiger partial charge in [0, 0.05) is 46.4 Å². The number of aromatic nitrogens is 1. The van der Waals surface area contributed by atoms with E-state index >= 15 is 0 Å². The number of para-hydroxylation sites is 1. The SMILES string of the molecule is O=C(Nc1ccc(C(=O)N2CCc3cc(C(=O)CC4CC4)sc3-c3ccccc32)cc1)c1ccnc(Br)c1. The topological polar surface area (TPSA) is 79.4 Å². The van der Waals surface area contributed by atoms with E-state index in [0.29, 0.717) is 46.7 Å². The van der Waals surface area contributed by atoms with E-state index < -0.39 is 0 Å². The van der Waals surface area contributed by atoms with Gasteiger partial charge in [-0.25, -0.2) is 4.98 Å². The monoisotopic (exact) mass is 585 g/mol. The van der Waals surface area contributed by atoms with Crippen molar-refractivity contribution < 1.29 is 14.4 Å². The summed E-state index contributed by atoms with van der Waals surface area (Å²) < 4.78 is 0.583. The quantitative estimate of drug-likeness (QED) is 0.195. The molecule has 6 nitrogen and oxygen atoms in total. The lowest BCUT2D eigenvalue weighted by Gasteiger charge is -2.23. The lowest BCUT2D eigenvalue weighted by atomic mass is 10.1. The molecule has 2 aromatic heterocycles. The van der Waals surface area contributed by atoms with Gasteiger partial charge in [-0.2, -0.15) is 0 Å². The van der Waals surface area contributed by atoms with Crippen LogP contribution in [0.15, 0.2) is 77.5 Å². The van der Waals surface area contributed by atoms with Crippen molar-refractivity contribution in [2.24, 2.45) is 5.92 Å². The van der Waals surface area contributed by atoms with Crippen molar-refractivity contribution in [2.75, 3.05) is 16.8 Å². The molecule has 8 heteroatoms. The van der Waals surface area contributed by atoms with Crippen molar-refractivity contribution in [3.63, 3.8) is 0 Å². The predicted octanol–water partition coefficient (Wildman–Crippen LogP) is 7.01. The summed E-state index contributed by atoms with van der Waals surface area (Å²) in [7, 11) is 0. The Balaban J connectivity index is 1.22. The van der Waals surface area contributed by atoms with Gasteiger partial charge in [-0.3, -0.25) is 14.4 Å². The summed E-state index contributed by atoms with van der Waals surface area (Å²) in [5.41, 5.74) is 4.57. The Bertz CT molecular complexity index is 1560. The van der Waals surface area contributed by atoms with Gasteiger partial charge in [0.15, 0.2) is 5.78 Å². The van der Waals surface area contributed by atoms with Crippen LogP contribution in [-0.2, 0) is 6.42 Å². The van der Waals surface area contributed by atoms with Gasteiger partial charge >= 0.3 is 0 Å². The minimum Gasteiger partial charge on any atom is -0.322 e. The lowest BCUT2D eigenvalue weighted by molar-refractivity contribution is 0.0974. The number of ketones is 1. The third-order valence-corrected chi connectivity index (χ3v) is 8.61. The summed E-state index contributed by atoms with van der Waals surface area (Å²) in [6, 6.07) is 20.2. The maximum absolute atomic E-state index is 13.7. The maximum atomic E-state index is 13.7. The Labute approximate surface area is 232 Å². The number of benzene rings is 2. The van der Waals surface area contributed by atoms with E-state index in [9.17, 15) is 14.4 Å². The number of Topliss-reactive ketones (excluding diaryl/α,β-unsaturated/α-hetero) is 1. The highest BCUT2D eigenvalue weighted by Gasteiger charge is 2.29. The molecule has 0 bridgehead atoms. The standard InChI is InChI=1S/C30H24BrN3O3S/c31-27-17-21(11-13-32-27)29(36)33-22-9-7-19(8-10-22)30(37)34-14-12-20-16-26(25(35)15-18-5-6-18)38-28(20)23-3-1-2-4-24(23)34/h1-4,7-11,13,16-18H,5-6,12,14-15H2,(H,33,36). The van der Waals surface area contributed by atoms with Crippen LogP contribution in [0.5, 0.6) is 0 Å². The zero-order valence-corrected chi connectivity index (χ0v) is 22.8. The molecule has 2 aliphatic rings. The molecule has 1 aliphatic heterocycles. The van der Waals surface area contributed by atoms with Gasteiger partial charge in [-0.05, 0) is 95.2 Å². The number of hydrogen-bond acceptors (Lipinski definition) is 5. The van der Waals surface area contributed by atoms with E-state index in [0.717, 1.165) is 39.4 Å². The average Bonchev–Trinajstić information content (AvgIpc) is 3.67. The van der Waals surface area contributed by atoms with Gasteiger partial charge in [0.2, 0.25) is 0 Å². The molecule has 2 amide bonds. The molecule has 1 saturated carbocycles. The second-order valence-electron chi connectivity index (χ2n) is 9.66. The number of nitrogens with zero attached hydrogens (tertiary/aromatic N) is 2. The van der Waals surface area contributed by atoms with Crippen LogP contribution < -0.4 is 10.2 Å². The van der Waals surface area contributed by atoms with E-state index in [1.54, 1.807) is 53.9 Å². The normalized spacial score (nSPS) is 14.3. The summed E-state index contributed by atoms with van der Waals surface area (Å²) in [5.74, 6) is 0.436. The minimum absolute atomic E-state index is 0.103. The van der Waals surface area contributed by atoms with Crippen LogP contribution in [0.25, 0.3) is 10.4 Å². The molecule has 2 aromatic carbocycles. The van der Waals surface area contributed by atoms with E-state index in [1.165, 1.54) is 0 Å². The molecular formula is C30H24BrN3O3S. The molecule has 4 aromatic rings. The third kappa shape index (κ3) is 5.06. The van der Waals surface area contributed by atoms with Crippen LogP contribution >= 0.6 is 27.3 Å². The minimum atomic E-state index is -0.255. The van der Waals surface area contributed by atoms with Gasteiger partial charge in [-0.1, -0.05) is 18.2 Å².